The molecular formula is C17H16N2O4S. The largest absolute Gasteiger partial charge is 0.417 e. The summed E-state index contributed by atoms with van der Waals surface area (Å²) in [6.07, 6.45) is 0.677. The molecule has 1 unspecified atom stereocenters. The average Bonchev–Trinajstić information content (AvgIpc) is 2.93. The van der Waals surface area contributed by atoms with Gasteiger partial charge in [-0.05, 0) is 36.6 Å². The zero-order valence-corrected chi connectivity index (χ0v) is 13.8. The van der Waals surface area contributed by atoms with E-state index >= 15 is 0 Å². The molecule has 0 saturated heterocycles. The Kier molecular flexibility index (Phi) is 3.36. The van der Waals surface area contributed by atoms with Gasteiger partial charge in [0.05, 0.1) is 10.4 Å². The summed E-state index contributed by atoms with van der Waals surface area (Å²) >= 11 is 0. The number of aromatic amines is 1. The highest BCUT2D eigenvalue weighted by Crippen LogP contribution is 2.29. The summed E-state index contributed by atoms with van der Waals surface area (Å²) in [5.74, 6) is -0.597. The molecule has 1 N–H and O–H groups in total. The Balaban J connectivity index is 1.77. The van der Waals surface area contributed by atoms with Gasteiger partial charge in [-0.2, -0.15) is 4.31 Å². The second-order valence-electron chi connectivity index (χ2n) is 6.04. The monoisotopic (exact) mass is 344 g/mol. The van der Waals surface area contributed by atoms with E-state index in [0.29, 0.717) is 18.5 Å². The van der Waals surface area contributed by atoms with E-state index in [-0.39, 0.29) is 16.5 Å². The maximum absolute atomic E-state index is 13.1. The number of rotatable bonds is 2. The minimum absolute atomic E-state index is 0.129. The Morgan fingerprint density at radius 2 is 1.92 bits per heavy atom. The molecule has 0 fully saturated rings. The Morgan fingerprint density at radius 1 is 1.17 bits per heavy atom. The summed E-state index contributed by atoms with van der Waals surface area (Å²) in [7, 11) is -3.68. The summed E-state index contributed by atoms with van der Waals surface area (Å²) in [6, 6.07) is 12.2. The van der Waals surface area contributed by atoms with Crippen molar-refractivity contribution in [1.82, 2.24) is 9.29 Å². The third-order valence-corrected chi connectivity index (χ3v) is 6.41. The molecule has 24 heavy (non-hydrogen) atoms. The highest BCUT2D eigenvalue weighted by molar-refractivity contribution is 7.89. The third kappa shape index (κ3) is 2.37. The molecule has 1 aliphatic heterocycles. The van der Waals surface area contributed by atoms with Gasteiger partial charge in [0, 0.05) is 18.7 Å². The van der Waals surface area contributed by atoms with E-state index in [2.05, 4.69) is 4.98 Å². The Hall–Kier alpha value is -2.38. The summed E-state index contributed by atoms with van der Waals surface area (Å²) in [5.41, 5.74) is 2.93. The topological polar surface area (TPSA) is 83.4 Å². The lowest BCUT2D eigenvalue weighted by molar-refractivity contribution is 0.309. The van der Waals surface area contributed by atoms with Gasteiger partial charge in [0.25, 0.3) is 0 Å². The van der Waals surface area contributed by atoms with Gasteiger partial charge in [-0.25, -0.2) is 13.2 Å². The average molecular weight is 344 g/mol. The highest BCUT2D eigenvalue weighted by Gasteiger charge is 2.33. The molecule has 2 aromatic carbocycles. The van der Waals surface area contributed by atoms with E-state index in [1.165, 1.54) is 22.0 Å². The van der Waals surface area contributed by atoms with Crippen molar-refractivity contribution in [3.63, 3.8) is 0 Å². The standard InChI is InChI=1S/C17H16N2O4S/c1-11-8-12-4-2-3-5-13(12)10-19(11)24(21,22)14-6-7-15-16(9-14)23-17(20)18-15/h2-7,9,11H,8,10H2,1H3,(H,18,20). The molecule has 7 heteroatoms. The van der Waals surface area contributed by atoms with E-state index in [1.807, 2.05) is 31.2 Å². The predicted octanol–water partition coefficient (Wildman–Crippen LogP) is 2.26. The molecule has 1 aliphatic rings. The fourth-order valence-corrected chi connectivity index (χ4v) is 4.82. The number of nitrogens with zero attached hydrogens (tertiary/aromatic N) is 1. The fourth-order valence-electron chi connectivity index (χ4n) is 3.20. The Labute approximate surface area is 138 Å². The van der Waals surface area contributed by atoms with Crippen LogP contribution in [-0.2, 0) is 23.0 Å². The molecule has 0 bridgehead atoms. The summed E-state index contributed by atoms with van der Waals surface area (Å²) in [4.78, 5) is 13.9. The maximum Gasteiger partial charge on any atom is 0.417 e. The number of benzene rings is 2. The molecule has 1 atom stereocenters. The van der Waals surface area contributed by atoms with Crippen LogP contribution in [-0.4, -0.2) is 23.7 Å². The van der Waals surface area contributed by atoms with Gasteiger partial charge in [-0.1, -0.05) is 24.3 Å². The van der Waals surface area contributed by atoms with Crippen molar-refractivity contribution in [3.8, 4) is 0 Å². The molecule has 124 valence electrons. The zero-order chi connectivity index (χ0) is 16.9. The normalized spacial score (nSPS) is 18.6. The number of hydrogen-bond donors (Lipinski definition) is 1. The van der Waals surface area contributed by atoms with E-state index in [9.17, 15) is 13.2 Å². The van der Waals surface area contributed by atoms with E-state index in [0.717, 1.165) is 5.56 Å². The fraction of sp³-hybridized carbons (Fsp3) is 0.235. The van der Waals surface area contributed by atoms with Crippen LogP contribution in [0.25, 0.3) is 11.1 Å². The second kappa shape index (κ2) is 5.32. The summed E-state index contributed by atoms with van der Waals surface area (Å²) in [5, 5.41) is 0. The third-order valence-electron chi connectivity index (χ3n) is 4.45. The maximum atomic E-state index is 13.1. The van der Waals surface area contributed by atoms with Gasteiger partial charge in [-0.3, -0.25) is 4.98 Å². The molecule has 4 rings (SSSR count). The minimum Gasteiger partial charge on any atom is -0.408 e. The van der Waals surface area contributed by atoms with Crippen LogP contribution in [0.4, 0.5) is 0 Å². The van der Waals surface area contributed by atoms with Crippen molar-refractivity contribution in [2.45, 2.75) is 30.8 Å². The van der Waals surface area contributed by atoms with Gasteiger partial charge in [0.15, 0.2) is 5.58 Å². The molecule has 0 aliphatic carbocycles. The van der Waals surface area contributed by atoms with Crippen molar-refractivity contribution in [2.75, 3.05) is 0 Å². The molecule has 1 aromatic heterocycles. The quantitative estimate of drug-likeness (QED) is 0.773. The van der Waals surface area contributed by atoms with Gasteiger partial charge in [0.2, 0.25) is 10.0 Å². The Morgan fingerprint density at radius 3 is 2.71 bits per heavy atom. The van der Waals surface area contributed by atoms with Crippen molar-refractivity contribution in [3.05, 3.63) is 64.1 Å². The minimum atomic E-state index is -3.68. The molecule has 0 radical (unpaired) electrons. The van der Waals surface area contributed by atoms with Gasteiger partial charge in [-0.15, -0.1) is 0 Å². The Bertz CT molecular complexity index is 1080. The van der Waals surface area contributed by atoms with Crippen LogP contribution in [0.2, 0.25) is 0 Å². The van der Waals surface area contributed by atoms with Gasteiger partial charge < -0.3 is 4.42 Å². The van der Waals surface area contributed by atoms with Crippen molar-refractivity contribution < 1.29 is 12.8 Å². The number of aromatic nitrogens is 1. The zero-order valence-electron chi connectivity index (χ0n) is 13.0. The van der Waals surface area contributed by atoms with Crippen LogP contribution in [0, 0.1) is 0 Å². The van der Waals surface area contributed by atoms with Gasteiger partial charge >= 0.3 is 5.76 Å². The van der Waals surface area contributed by atoms with Crippen LogP contribution >= 0.6 is 0 Å². The van der Waals surface area contributed by atoms with E-state index in [1.54, 1.807) is 6.07 Å². The number of fused-ring (bicyclic) bond motifs is 2. The molecule has 6 nitrogen and oxygen atoms in total. The molecular weight excluding hydrogens is 328 g/mol. The summed E-state index contributed by atoms with van der Waals surface area (Å²) in [6.45, 7) is 2.25. The highest BCUT2D eigenvalue weighted by atomic mass is 32.2. The predicted molar refractivity (Wildman–Crippen MR) is 89.2 cm³/mol. The SMILES string of the molecule is CC1Cc2ccccc2CN1S(=O)(=O)c1ccc2[nH]c(=O)oc2c1. The summed E-state index contributed by atoms with van der Waals surface area (Å²) < 4.78 is 32.6. The number of hydrogen-bond acceptors (Lipinski definition) is 4. The first-order chi connectivity index (χ1) is 11.4. The first-order valence-electron chi connectivity index (χ1n) is 7.66. The number of oxazole rings is 1. The molecule has 0 amide bonds. The lowest BCUT2D eigenvalue weighted by Gasteiger charge is -2.33. The number of H-pyrrole nitrogens is 1. The van der Waals surface area contributed by atoms with Crippen molar-refractivity contribution >= 4 is 21.1 Å². The first kappa shape index (κ1) is 15.2. The molecule has 0 spiro atoms. The van der Waals surface area contributed by atoms with Crippen LogP contribution in [0.1, 0.15) is 18.1 Å². The molecule has 0 saturated carbocycles. The van der Waals surface area contributed by atoms with Crippen LogP contribution < -0.4 is 5.76 Å². The van der Waals surface area contributed by atoms with Crippen LogP contribution in [0.15, 0.2) is 56.6 Å². The van der Waals surface area contributed by atoms with Crippen molar-refractivity contribution in [2.24, 2.45) is 0 Å². The second-order valence-corrected chi connectivity index (χ2v) is 7.94. The van der Waals surface area contributed by atoms with Gasteiger partial charge in [0.1, 0.15) is 0 Å². The van der Waals surface area contributed by atoms with E-state index < -0.39 is 15.8 Å². The van der Waals surface area contributed by atoms with Crippen molar-refractivity contribution in [1.29, 1.82) is 0 Å². The first-order valence-corrected chi connectivity index (χ1v) is 9.10. The van der Waals surface area contributed by atoms with Crippen LogP contribution in [0.3, 0.4) is 0 Å². The van der Waals surface area contributed by atoms with Crippen LogP contribution in [0.5, 0.6) is 0 Å². The molecule has 2 heterocycles. The molecule has 3 aromatic rings. The number of nitrogens with one attached hydrogen (secondary N) is 1. The smallest absolute Gasteiger partial charge is 0.408 e. The number of sulfonamides is 1. The van der Waals surface area contributed by atoms with E-state index in [4.69, 9.17) is 4.42 Å². The lowest BCUT2D eigenvalue weighted by atomic mass is 9.97. The lowest BCUT2D eigenvalue weighted by Crippen LogP contribution is -2.42.